The topological polar surface area (TPSA) is 46.5 Å². The maximum Gasteiger partial charge on any atom is 0.337 e. The van der Waals surface area contributed by atoms with Crippen molar-refractivity contribution in [1.82, 2.24) is 0 Å². The minimum Gasteiger partial charge on any atom is -0.465 e. The number of hydrogen-bond acceptors (Lipinski definition) is 3. The van der Waals surface area contributed by atoms with Crippen molar-refractivity contribution in [3.63, 3.8) is 0 Å². The van der Waals surface area contributed by atoms with Gasteiger partial charge in [-0.05, 0) is 66.8 Å². The van der Waals surface area contributed by atoms with Crippen LogP contribution in [0, 0.1) is 5.92 Å². The lowest BCUT2D eigenvalue weighted by Gasteiger charge is -2.51. The maximum absolute atomic E-state index is 12.0. The largest absolute Gasteiger partial charge is 0.465 e. The van der Waals surface area contributed by atoms with E-state index in [2.05, 4.69) is 49.4 Å². The highest BCUT2D eigenvalue weighted by molar-refractivity contribution is 5.90. The van der Waals surface area contributed by atoms with Crippen molar-refractivity contribution >= 4 is 12.0 Å². The minimum atomic E-state index is -0.585. The van der Waals surface area contributed by atoms with E-state index in [1.807, 2.05) is 18.2 Å². The van der Waals surface area contributed by atoms with Crippen LogP contribution in [-0.2, 0) is 16.6 Å². The Morgan fingerprint density at radius 2 is 1.96 bits per heavy atom. The normalized spacial score (nSPS) is 28.3. The number of carbonyl (C=O) groups is 1. The number of fused-ring (bicyclic) bond motifs is 3. The van der Waals surface area contributed by atoms with Crippen LogP contribution < -0.4 is 0 Å². The van der Waals surface area contributed by atoms with Crippen molar-refractivity contribution in [1.29, 1.82) is 0 Å². The molecule has 4 rings (SSSR count). The van der Waals surface area contributed by atoms with Gasteiger partial charge in [-0.1, -0.05) is 55.5 Å². The van der Waals surface area contributed by atoms with E-state index in [9.17, 15) is 9.90 Å². The first-order valence-corrected chi connectivity index (χ1v) is 10.2. The summed E-state index contributed by atoms with van der Waals surface area (Å²) in [6, 6.07) is 16.5. The molecule has 1 fully saturated rings. The number of hydrogen-bond donors (Lipinski definition) is 1. The fraction of sp³-hybridized carbons (Fsp3) is 0.400. The molecule has 2 aliphatic carbocycles. The highest BCUT2D eigenvalue weighted by atomic mass is 16.5. The molecule has 0 aromatic heterocycles. The molecule has 0 amide bonds. The molecule has 0 radical (unpaired) electrons. The lowest BCUT2D eigenvalue weighted by atomic mass is 9.54. The molecule has 2 aromatic rings. The SMILES string of the molecule is CC[C@@]1(O)CCC2(Cc3ccccc3)c3ccc(C(=O)OC)cc3C=C[C@H]2C1. The number of rotatable bonds is 4. The Balaban J connectivity index is 1.80. The van der Waals surface area contributed by atoms with Gasteiger partial charge in [0, 0.05) is 5.41 Å². The average Bonchev–Trinajstić information content (AvgIpc) is 2.74. The molecule has 0 heterocycles. The van der Waals surface area contributed by atoms with Gasteiger partial charge in [0.1, 0.15) is 0 Å². The first-order chi connectivity index (χ1) is 13.5. The summed E-state index contributed by atoms with van der Waals surface area (Å²) < 4.78 is 4.90. The number of benzene rings is 2. The highest BCUT2D eigenvalue weighted by Gasteiger charge is 2.49. The van der Waals surface area contributed by atoms with Gasteiger partial charge in [0.2, 0.25) is 0 Å². The monoisotopic (exact) mass is 376 g/mol. The van der Waals surface area contributed by atoms with Crippen molar-refractivity contribution in [2.24, 2.45) is 5.92 Å². The van der Waals surface area contributed by atoms with E-state index in [-0.39, 0.29) is 17.3 Å². The van der Waals surface area contributed by atoms with Crippen LogP contribution in [0.15, 0.2) is 54.6 Å². The van der Waals surface area contributed by atoms with Crippen LogP contribution in [-0.4, -0.2) is 23.8 Å². The Morgan fingerprint density at radius 1 is 1.18 bits per heavy atom. The summed E-state index contributed by atoms with van der Waals surface area (Å²) >= 11 is 0. The summed E-state index contributed by atoms with van der Waals surface area (Å²) in [4.78, 5) is 12.0. The predicted molar refractivity (Wildman–Crippen MR) is 111 cm³/mol. The molecule has 0 spiro atoms. The zero-order chi connectivity index (χ0) is 19.8. The Morgan fingerprint density at radius 3 is 2.68 bits per heavy atom. The second-order valence-corrected chi connectivity index (χ2v) is 8.36. The van der Waals surface area contributed by atoms with Crippen LogP contribution in [0.1, 0.15) is 59.7 Å². The summed E-state index contributed by atoms with van der Waals surface area (Å²) in [6.45, 7) is 2.08. The predicted octanol–water partition coefficient (Wildman–Crippen LogP) is 4.92. The van der Waals surface area contributed by atoms with Gasteiger partial charge in [0.15, 0.2) is 0 Å². The van der Waals surface area contributed by atoms with Crippen LogP contribution in [0.4, 0.5) is 0 Å². The van der Waals surface area contributed by atoms with Crippen LogP contribution in [0.2, 0.25) is 0 Å². The Bertz CT molecular complexity index is 901. The van der Waals surface area contributed by atoms with E-state index in [0.717, 1.165) is 37.7 Å². The molecule has 0 bridgehead atoms. The minimum absolute atomic E-state index is 0.0541. The second kappa shape index (κ2) is 7.21. The fourth-order valence-corrected chi connectivity index (χ4v) is 5.15. The zero-order valence-corrected chi connectivity index (χ0v) is 16.7. The van der Waals surface area contributed by atoms with E-state index < -0.39 is 5.60 Å². The molecule has 2 aromatic carbocycles. The maximum atomic E-state index is 12.0. The van der Waals surface area contributed by atoms with Gasteiger partial charge in [-0.15, -0.1) is 0 Å². The highest BCUT2D eigenvalue weighted by Crippen LogP contribution is 2.53. The number of methoxy groups -OCH3 is 1. The van der Waals surface area contributed by atoms with Gasteiger partial charge in [0.25, 0.3) is 0 Å². The van der Waals surface area contributed by atoms with Gasteiger partial charge in [0.05, 0.1) is 18.3 Å². The van der Waals surface area contributed by atoms with Gasteiger partial charge in [-0.2, -0.15) is 0 Å². The van der Waals surface area contributed by atoms with Crippen molar-refractivity contribution in [3.05, 3.63) is 76.9 Å². The summed E-state index contributed by atoms with van der Waals surface area (Å²) in [7, 11) is 1.41. The summed E-state index contributed by atoms with van der Waals surface area (Å²) in [5, 5.41) is 11.0. The number of aliphatic hydroxyl groups is 1. The molecule has 3 nitrogen and oxygen atoms in total. The van der Waals surface area contributed by atoms with Crippen molar-refractivity contribution < 1.29 is 14.6 Å². The second-order valence-electron chi connectivity index (χ2n) is 8.36. The Kier molecular flexibility index (Phi) is 4.88. The van der Waals surface area contributed by atoms with Gasteiger partial charge in [-0.25, -0.2) is 4.79 Å². The van der Waals surface area contributed by atoms with Crippen LogP contribution >= 0.6 is 0 Å². The fourth-order valence-electron chi connectivity index (χ4n) is 5.15. The van der Waals surface area contributed by atoms with E-state index in [4.69, 9.17) is 4.74 Å². The standard InChI is InChI=1S/C25H28O3/c1-3-24(27)13-14-25(16-18-7-5-4-6-8-18)21(17-24)11-9-19-15-20(23(26)28-2)10-12-22(19)25/h4-12,15,21,27H,3,13-14,16-17H2,1-2H3/t21-,24+,25?/m0/s1. The van der Waals surface area contributed by atoms with Gasteiger partial charge in [-0.3, -0.25) is 0 Å². The summed E-state index contributed by atoms with van der Waals surface area (Å²) in [6.07, 6.45) is 8.62. The molecular weight excluding hydrogens is 348 g/mol. The zero-order valence-electron chi connectivity index (χ0n) is 16.7. The Hall–Kier alpha value is -2.39. The van der Waals surface area contributed by atoms with Gasteiger partial charge < -0.3 is 9.84 Å². The third-order valence-electron chi connectivity index (χ3n) is 6.88. The molecule has 146 valence electrons. The number of allylic oxidation sites excluding steroid dienone is 1. The average molecular weight is 376 g/mol. The lowest BCUT2D eigenvalue weighted by Crippen LogP contribution is -2.49. The molecule has 3 heteroatoms. The number of carbonyl (C=O) groups excluding carboxylic acids is 1. The Labute approximate surface area is 167 Å². The van der Waals surface area contributed by atoms with E-state index in [0.29, 0.717) is 5.56 Å². The molecule has 1 N–H and O–H groups in total. The molecule has 1 saturated carbocycles. The number of ether oxygens (including phenoxy) is 1. The lowest BCUT2D eigenvalue weighted by molar-refractivity contribution is -0.0379. The van der Waals surface area contributed by atoms with Crippen LogP contribution in [0.3, 0.4) is 0 Å². The summed E-state index contributed by atoms with van der Waals surface area (Å²) in [5.41, 5.74) is 3.64. The molecule has 0 saturated heterocycles. The molecule has 0 aliphatic heterocycles. The third kappa shape index (κ3) is 3.18. The summed E-state index contributed by atoms with van der Waals surface area (Å²) in [5.74, 6) is -0.0256. The first kappa shape index (κ1) is 18.9. The van der Waals surface area contributed by atoms with Crippen molar-refractivity contribution in [2.75, 3.05) is 7.11 Å². The van der Waals surface area contributed by atoms with Gasteiger partial charge >= 0.3 is 5.97 Å². The van der Waals surface area contributed by atoms with Crippen LogP contribution in [0.25, 0.3) is 6.08 Å². The van der Waals surface area contributed by atoms with E-state index >= 15 is 0 Å². The molecule has 1 unspecified atom stereocenters. The quantitative estimate of drug-likeness (QED) is 0.770. The number of esters is 1. The van der Waals surface area contributed by atoms with Crippen LogP contribution in [0.5, 0.6) is 0 Å². The van der Waals surface area contributed by atoms with E-state index in [1.165, 1.54) is 18.2 Å². The van der Waals surface area contributed by atoms with Crippen molar-refractivity contribution in [2.45, 2.75) is 50.0 Å². The smallest absolute Gasteiger partial charge is 0.337 e. The molecule has 2 aliphatic rings. The molecule has 3 atom stereocenters. The molecular formula is C25H28O3. The van der Waals surface area contributed by atoms with E-state index in [1.54, 1.807) is 0 Å². The first-order valence-electron chi connectivity index (χ1n) is 10.2. The van der Waals surface area contributed by atoms with Crippen molar-refractivity contribution in [3.8, 4) is 0 Å². The third-order valence-corrected chi connectivity index (χ3v) is 6.88. The molecule has 28 heavy (non-hydrogen) atoms.